The highest BCUT2D eigenvalue weighted by Crippen LogP contribution is 2.28. The summed E-state index contributed by atoms with van der Waals surface area (Å²) in [6, 6.07) is 0. The van der Waals surface area contributed by atoms with Gasteiger partial charge in [-0.1, -0.05) is 25.4 Å². The van der Waals surface area contributed by atoms with Gasteiger partial charge < -0.3 is 5.11 Å². The second kappa shape index (κ2) is 7.04. The van der Waals surface area contributed by atoms with E-state index in [1.165, 1.54) is 11.8 Å². The van der Waals surface area contributed by atoms with Gasteiger partial charge in [-0.05, 0) is 19.8 Å². The number of carbonyl (C=O) groups is 1. The average Bonchev–Trinajstić information content (AvgIpc) is 2.66. The maximum Gasteiger partial charge on any atom is 0.316 e. The molecule has 0 saturated heterocycles. The van der Waals surface area contributed by atoms with E-state index in [9.17, 15) is 4.79 Å². The fourth-order valence-corrected chi connectivity index (χ4v) is 3.14. The van der Waals surface area contributed by atoms with Gasteiger partial charge in [-0.15, -0.1) is 11.8 Å². The van der Waals surface area contributed by atoms with Gasteiger partial charge in [0, 0.05) is 12.3 Å². The Balaban J connectivity index is 2.83. The lowest BCUT2D eigenvalue weighted by molar-refractivity contribution is -0.136. The molecule has 18 heavy (non-hydrogen) atoms. The van der Waals surface area contributed by atoms with E-state index in [0.717, 1.165) is 24.4 Å². The summed E-state index contributed by atoms with van der Waals surface area (Å²) >= 11 is 7.68. The monoisotopic (exact) mass is 290 g/mol. The third kappa shape index (κ3) is 3.42. The van der Waals surface area contributed by atoms with Gasteiger partial charge in [0.15, 0.2) is 0 Å². The van der Waals surface area contributed by atoms with Crippen molar-refractivity contribution in [3.63, 3.8) is 0 Å². The van der Waals surface area contributed by atoms with Crippen molar-refractivity contribution in [2.75, 3.05) is 0 Å². The molecule has 0 amide bonds. The first-order chi connectivity index (χ1) is 8.54. The highest BCUT2D eigenvalue weighted by Gasteiger charge is 2.19. The average molecular weight is 291 g/mol. The second-order valence-electron chi connectivity index (χ2n) is 3.92. The maximum atomic E-state index is 11.0. The smallest absolute Gasteiger partial charge is 0.316 e. The van der Waals surface area contributed by atoms with E-state index in [0.29, 0.717) is 17.2 Å². The Morgan fingerprint density at radius 2 is 2.17 bits per heavy atom. The molecule has 1 N–H and O–H groups in total. The first-order valence-electron chi connectivity index (χ1n) is 6.13. The number of carboxylic acids is 1. The lowest BCUT2D eigenvalue weighted by Crippen LogP contribution is -2.15. The van der Waals surface area contributed by atoms with E-state index in [2.05, 4.69) is 5.10 Å². The Labute approximate surface area is 117 Å². The molecule has 6 heteroatoms. The van der Waals surface area contributed by atoms with E-state index < -0.39 is 5.97 Å². The minimum absolute atomic E-state index is 0.383. The van der Waals surface area contributed by atoms with Crippen molar-refractivity contribution in [2.24, 2.45) is 0 Å². The Morgan fingerprint density at radius 1 is 1.50 bits per heavy atom. The molecule has 1 unspecified atom stereocenters. The summed E-state index contributed by atoms with van der Waals surface area (Å²) in [5.74, 6) is -0.179. The third-order valence-electron chi connectivity index (χ3n) is 2.76. The predicted molar refractivity (Wildman–Crippen MR) is 75.3 cm³/mol. The first-order valence-corrected chi connectivity index (χ1v) is 7.56. The van der Waals surface area contributed by atoms with Crippen molar-refractivity contribution >= 4 is 29.3 Å². The van der Waals surface area contributed by atoms with Gasteiger partial charge in [0.2, 0.25) is 0 Å². The summed E-state index contributed by atoms with van der Waals surface area (Å²) in [5, 5.41) is 13.7. The molecular weight excluding hydrogens is 272 g/mol. The maximum absolute atomic E-state index is 11.0. The molecule has 0 aliphatic carbocycles. The van der Waals surface area contributed by atoms with Crippen LogP contribution in [0.1, 0.15) is 38.6 Å². The van der Waals surface area contributed by atoms with E-state index in [4.69, 9.17) is 16.7 Å². The summed E-state index contributed by atoms with van der Waals surface area (Å²) in [5.41, 5.74) is 1.82. The molecule has 102 valence electrons. The molecule has 0 aliphatic rings. The van der Waals surface area contributed by atoms with E-state index in [1.54, 1.807) is 0 Å². The fraction of sp³-hybridized carbons (Fsp3) is 0.667. The molecule has 1 aromatic rings. The number of halogens is 1. The van der Waals surface area contributed by atoms with Gasteiger partial charge in [-0.25, -0.2) is 0 Å². The minimum Gasteiger partial charge on any atom is -0.480 e. The third-order valence-corrected chi connectivity index (χ3v) is 4.58. The van der Waals surface area contributed by atoms with Gasteiger partial charge in [-0.2, -0.15) is 5.10 Å². The molecule has 0 fully saturated rings. The van der Waals surface area contributed by atoms with Crippen molar-refractivity contribution in [1.82, 2.24) is 9.78 Å². The molecule has 0 bridgehead atoms. The number of aryl methyl sites for hydroxylation is 2. The number of rotatable bonds is 7. The number of thioether (sulfide) groups is 1. The zero-order valence-electron chi connectivity index (χ0n) is 10.9. The van der Waals surface area contributed by atoms with Crippen LogP contribution in [0.25, 0.3) is 0 Å². The Bertz CT molecular complexity index is 420. The van der Waals surface area contributed by atoms with E-state index in [-0.39, 0.29) is 5.25 Å². The van der Waals surface area contributed by atoms with E-state index >= 15 is 0 Å². The standard InChI is InChI=1S/C12H19ClN2O2S/c1-4-8-11(13)9(15(6-3)14-8)7-18-10(5-2)12(16)17/h10H,4-7H2,1-3H3,(H,16,17). The van der Waals surface area contributed by atoms with Crippen LogP contribution in [0.4, 0.5) is 0 Å². The zero-order valence-corrected chi connectivity index (χ0v) is 12.5. The number of aromatic nitrogens is 2. The van der Waals surface area contributed by atoms with Gasteiger partial charge in [0.05, 0.1) is 16.4 Å². The zero-order chi connectivity index (χ0) is 13.7. The summed E-state index contributed by atoms with van der Waals surface area (Å²) in [7, 11) is 0. The molecule has 1 aromatic heterocycles. The highest BCUT2D eigenvalue weighted by molar-refractivity contribution is 7.99. The van der Waals surface area contributed by atoms with Crippen LogP contribution in [0.5, 0.6) is 0 Å². The topological polar surface area (TPSA) is 55.1 Å². The summed E-state index contributed by atoms with van der Waals surface area (Å²) in [6.45, 7) is 6.64. The van der Waals surface area contributed by atoms with Gasteiger partial charge >= 0.3 is 5.97 Å². The lowest BCUT2D eigenvalue weighted by Gasteiger charge is -2.10. The van der Waals surface area contributed by atoms with Crippen molar-refractivity contribution in [1.29, 1.82) is 0 Å². The lowest BCUT2D eigenvalue weighted by atomic mass is 10.3. The van der Waals surface area contributed by atoms with Crippen LogP contribution >= 0.6 is 23.4 Å². The molecule has 1 rings (SSSR count). The largest absolute Gasteiger partial charge is 0.480 e. The summed E-state index contributed by atoms with van der Waals surface area (Å²) in [4.78, 5) is 11.0. The van der Waals surface area contributed by atoms with Crippen molar-refractivity contribution < 1.29 is 9.90 Å². The van der Waals surface area contributed by atoms with Crippen molar-refractivity contribution in [3.05, 3.63) is 16.4 Å². The predicted octanol–water partition coefficient (Wildman–Crippen LogP) is 3.22. The number of nitrogens with zero attached hydrogens (tertiary/aromatic N) is 2. The Hall–Kier alpha value is -0.680. The van der Waals surface area contributed by atoms with Crippen molar-refractivity contribution in [3.8, 4) is 0 Å². The molecule has 0 radical (unpaired) electrons. The Kier molecular flexibility index (Phi) is 6.02. The molecule has 0 spiro atoms. The number of carboxylic acid groups (broad SMARTS) is 1. The van der Waals surface area contributed by atoms with Crippen LogP contribution in [0.15, 0.2) is 0 Å². The van der Waals surface area contributed by atoms with Gasteiger partial charge in [0.25, 0.3) is 0 Å². The SMILES string of the molecule is CCc1nn(CC)c(CSC(CC)C(=O)O)c1Cl. The fourth-order valence-electron chi connectivity index (χ4n) is 1.70. The summed E-state index contributed by atoms with van der Waals surface area (Å²) < 4.78 is 1.86. The van der Waals surface area contributed by atoms with Gasteiger partial charge in [-0.3, -0.25) is 9.48 Å². The van der Waals surface area contributed by atoms with E-state index in [1.807, 2.05) is 25.5 Å². The molecule has 0 aromatic carbocycles. The van der Waals surface area contributed by atoms with Gasteiger partial charge in [0.1, 0.15) is 5.25 Å². The number of hydrogen-bond acceptors (Lipinski definition) is 3. The second-order valence-corrected chi connectivity index (χ2v) is 5.49. The molecule has 1 atom stereocenters. The molecule has 4 nitrogen and oxygen atoms in total. The van der Waals surface area contributed by atoms with Crippen LogP contribution in [0, 0.1) is 0 Å². The first kappa shape index (κ1) is 15.4. The molecule has 0 saturated carbocycles. The number of hydrogen-bond donors (Lipinski definition) is 1. The summed E-state index contributed by atoms with van der Waals surface area (Å²) in [6.07, 6.45) is 1.40. The molecule has 1 heterocycles. The minimum atomic E-state index is -0.767. The van der Waals surface area contributed by atoms with Crippen LogP contribution in [0.2, 0.25) is 5.02 Å². The normalized spacial score (nSPS) is 12.7. The van der Waals surface area contributed by atoms with Crippen LogP contribution < -0.4 is 0 Å². The quantitative estimate of drug-likeness (QED) is 0.838. The van der Waals surface area contributed by atoms with Crippen LogP contribution in [-0.2, 0) is 23.5 Å². The number of aliphatic carboxylic acids is 1. The highest BCUT2D eigenvalue weighted by atomic mass is 35.5. The molecule has 0 aliphatic heterocycles. The van der Waals surface area contributed by atoms with Crippen LogP contribution in [0.3, 0.4) is 0 Å². The van der Waals surface area contributed by atoms with Crippen molar-refractivity contribution in [2.45, 2.75) is 51.2 Å². The molecular formula is C12H19ClN2O2S. The van der Waals surface area contributed by atoms with Crippen LogP contribution in [-0.4, -0.2) is 26.1 Å². The Morgan fingerprint density at radius 3 is 2.61 bits per heavy atom.